The van der Waals surface area contributed by atoms with Crippen LogP contribution in [0.3, 0.4) is 0 Å². The van der Waals surface area contributed by atoms with E-state index in [2.05, 4.69) is 33.1 Å². The van der Waals surface area contributed by atoms with Crippen molar-refractivity contribution < 1.29 is 4.79 Å². The number of nitrogens with one attached hydrogen (secondary N) is 2. The zero-order valence-corrected chi connectivity index (χ0v) is 9.90. The molecule has 0 spiro atoms. The van der Waals surface area contributed by atoms with Gasteiger partial charge in [-0.2, -0.15) is 0 Å². The Labute approximate surface area is 93.5 Å². The molecule has 1 saturated heterocycles. The van der Waals surface area contributed by atoms with Gasteiger partial charge in [0.2, 0.25) is 5.91 Å². The monoisotopic (exact) mass is 260 g/mol. The van der Waals surface area contributed by atoms with Crippen molar-refractivity contribution in [2.75, 3.05) is 13.1 Å². The van der Waals surface area contributed by atoms with E-state index in [4.69, 9.17) is 0 Å². The smallest absolute Gasteiger partial charge is 0.220 e. The van der Waals surface area contributed by atoms with Gasteiger partial charge in [-0.25, -0.2) is 0 Å². The SMILES string of the molecule is C=C(Br)CNC(=O)CCC1CCCN1. The molecule has 0 radical (unpaired) electrons. The molecule has 1 rings (SSSR count). The highest BCUT2D eigenvalue weighted by molar-refractivity contribution is 9.11. The fourth-order valence-corrected chi connectivity index (χ4v) is 1.73. The molecule has 4 heteroatoms. The van der Waals surface area contributed by atoms with Crippen LogP contribution in [0.1, 0.15) is 25.7 Å². The maximum absolute atomic E-state index is 11.3. The Hall–Kier alpha value is -0.350. The quantitative estimate of drug-likeness (QED) is 0.788. The summed E-state index contributed by atoms with van der Waals surface area (Å²) in [5.41, 5.74) is 0. The van der Waals surface area contributed by atoms with Gasteiger partial charge in [0.25, 0.3) is 0 Å². The number of halogens is 1. The summed E-state index contributed by atoms with van der Waals surface area (Å²) in [4.78, 5) is 11.3. The van der Waals surface area contributed by atoms with Crippen molar-refractivity contribution in [2.24, 2.45) is 0 Å². The molecular formula is C10H17BrN2O. The third kappa shape index (κ3) is 4.77. The lowest BCUT2D eigenvalue weighted by Gasteiger charge is -2.09. The van der Waals surface area contributed by atoms with E-state index in [0.29, 0.717) is 19.0 Å². The van der Waals surface area contributed by atoms with Crippen LogP contribution in [-0.4, -0.2) is 25.0 Å². The van der Waals surface area contributed by atoms with Crippen molar-refractivity contribution >= 4 is 21.8 Å². The standard InChI is InChI=1S/C10H17BrN2O/c1-8(11)7-13-10(14)5-4-9-3-2-6-12-9/h9,12H,1-7H2,(H,13,14). The van der Waals surface area contributed by atoms with Crippen LogP contribution in [0, 0.1) is 0 Å². The van der Waals surface area contributed by atoms with Crippen molar-refractivity contribution in [3.8, 4) is 0 Å². The largest absolute Gasteiger partial charge is 0.352 e. The van der Waals surface area contributed by atoms with Crippen molar-refractivity contribution in [3.05, 3.63) is 11.1 Å². The minimum atomic E-state index is 0.110. The van der Waals surface area contributed by atoms with Gasteiger partial charge in [0, 0.05) is 23.5 Å². The molecule has 1 unspecified atom stereocenters. The van der Waals surface area contributed by atoms with E-state index in [1.807, 2.05) is 0 Å². The highest BCUT2D eigenvalue weighted by Gasteiger charge is 2.14. The van der Waals surface area contributed by atoms with Gasteiger partial charge in [-0.1, -0.05) is 22.5 Å². The highest BCUT2D eigenvalue weighted by atomic mass is 79.9. The zero-order chi connectivity index (χ0) is 10.4. The average Bonchev–Trinajstić information content (AvgIpc) is 2.63. The molecule has 1 fully saturated rings. The molecule has 0 aliphatic carbocycles. The van der Waals surface area contributed by atoms with E-state index in [1.165, 1.54) is 12.8 Å². The maximum Gasteiger partial charge on any atom is 0.220 e. The average molecular weight is 261 g/mol. The molecule has 1 amide bonds. The second-order valence-corrected chi connectivity index (χ2v) is 4.75. The Kier molecular flexibility index (Phi) is 5.19. The third-order valence-electron chi connectivity index (χ3n) is 2.36. The van der Waals surface area contributed by atoms with Gasteiger partial charge in [0.05, 0.1) is 0 Å². The summed E-state index contributed by atoms with van der Waals surface area (Å²) < 4.78 is 0.810. The second-order valence-electron chi connectivity index (χ2n) is 3.63. The van der Waals surface area contributed by atoms with Crippen LogP contribution in [-0.2, 0) is 4.79 Å². The number of carbonyl (C=O) groups excluding carboxylic acids is 1. The van der Waals surface area contributed by atoms with E-state index in [1.54, 1.807) is 0 Å². The van der Waals surface area contributed by atoms with Crippen LogP contribution in [0.4, 0.5) is 0 Å². The lowest BCUT2D eigenvalue weighted by atomic mass is 10.1. The highest BCUT2D eigenvalue weighted by Crippen LogP contribution is 2.10. The van der Waals surface area contributed by atoms with Crippen LogP contribution in [0.2, 0.25) is 0 Å². The van der Waals surface area contributed by atoms with Gasteiger partial charge in [0.15, 0.2) is 0 Å². The van der Waals surface area contributed by atoms with Gasteiger partial charge in [0.1, 0.15) is 0 Å². The van der Waals surface area contributed by atoms with Crippen molar-refractivity contribution in [2.45, 2.75) is 31.7 Å². The summed E-state index contributed by atoms with van der Waals surface area (Å²) in [7, 11) is 0. The summed E-state index contributed by atoms with van der Waals surface area (Å²) in [5, 5.41) is 6.16. The van der Waals surface area contributed by atoms with Crippen LogP contribution in [0.5, 0.6) is 0 Å². The zero-order valence-electron chi connectivity index (χ0n) is 8.31. The Morgan fingerprint density at radius 3 is 3.00 bits per heavy atom. The summed E-state index contributed by atoms with van der Waals surface area (Å²) in [6, 6.07) is 0.549. The van der Waals surface area contributed by atoms with Crippen LogP contribution in [0.25, 0.3) is 0 Å². The molecule has 0 aromatic heterocycles. The molecule has 1 heterocycles. The van der Waals surface area contributed by atoms with Crippen molar-refractivity contribution in [1.29, 1.82) is 0 Å². The summed E-state index contributed by atoms with van der Waals surface area (Å²) in [6.45, 7) is 5.28. The minimum Gasteiger partial charge on any atom is -0.352 e. The lowest BCUT2D eigenvalue weighted by Crippen LogP contribution is -2.28. The van der Waals surface area contributed by atoms with Crippen molar-refractivity contribution in [1.82, 2.24) is 10.6 Å². The maximum atomic E-state index is 11.3. The first-order chi connectivity index (χ1) is 6.68. The molecule has 3 nitrogen and oxygen atoms in total. The first-order valence-corrected chi connectivity index (χ1v) is 5.81. The topological polar surface area (TPSA) is 41.1 Å². The molecule has 2 N–H and O–H groups in total. The Bertz CT molecular complexity index is 212. The molecular weight excluding hydrogens is 244 g/mol. The molecule has 1 aliphatic heterocycles. The van der Waals surface area contributed by atoms with Gasteiger partial charge in [-0.15, -0.1) is 0 Å². The van der Waals surface area contributed by atoms with E-state index >= 15 is 0 Å². The molecule has 1 atom stereocenters. The van der Waals surface area contributed by atoms with Crippen LogP contribution in [0.15, 0.2) is 11.1 Å². The first-order valence-electron chi connectivity index (χ1n) is 5.02. The van der Waals surface area contributed by atoms with Crippen molar-refractivity contribution in [3.63, 3.8) is 0 Å². The Morgan fingerprint density at radius 1 is 1.64 bits per heavy atom. The normalized spacial score (nSPS) is 20.8. The number of hydrogen-bond donors (Lipinski definition) is 2. The molecule has 1 aliphatic rings. The first kappa shape index (κ1) is 11.7. The Morgan fingerprint density at radius 2 is 2.43 bits per heavy atom. The number of hydrogen-bond acceptors (Lipinski definition) is 2. The molecule has 0 aromatic carbocycles. The number of rotatable bonds is 5. The summed E-state index contributed by atoms with van der Waals surface area (Å²) in [6.07, 6.45) is 4.00. The molecule has 80 valence electrons. The number of carbonyl (C=O) groups is 1. The molecule has 0 bridgehead atoms. The van der Waals surface area contributed by atoms with Crippen LogP contribution >= 0.6 is 15.9 Å². The minimum absolute atomic E-state index is 0.110. The molecule has 0 saturated carbocycles. The summed E-state index contributed by atoms with van der Waals surface area (Å²) >= 11 is 3.20. The fraction of sp³-hybridized carbons (Fsp3) is 0.700. The fourth-order valence-electron chi connectivity index (χ4n) is 1.59. The predicted octanol–water partition coefficient (Wildman–Crippen LogP) is 1.54. The van der Waals surface area contributed by atoms with E-state index in [9.17, 15) is 4.79 Å². The van der Waals surface area contributed by atoms with E-state index in [0.717, 1.165) is 17.4 Å². The Balaban J connectivity index is 2.05. The molecule has 0 aromatic rings. The third-order valence-corrected chi connectivity index (χ3v) is 2.64. The van der Waals surface area contributed by atoms with E-state index < -0.39 is 0 Å². The predicted molar refractivity (Wildman–Crippen MR) is 61.3 cm³/mol. The lowest BCUT2D eigenvalue weighted by molar-refractivity contribution is -0.121. The molecule has 14 heavy (non-hydrogen) atoms. The van der Waals surface area contributed by atoms with Crippen LogP contribution < -0.4 is 10.6 Å². The van der Waals surface area contributed by atoms with Gasteiger partial charge in [-0.05, 0) is 25.8 Å². The van der Waals surface area contributed by atoms with E-state index in [-0.39, 0.29) is 5.91 Å². The second kappa shape index (κ2) is 6.19. The van der Waals surface area contributed by atoms with Gasteiger partial charge >= 0.3 is 0 Å². The summed E-state index contributed by atoms with van der Waals surface area (Å²) in [5.74, 6) is 0.110. The van der Waals surface area contributed by atoms with Gasteiger partial charge in [-0.3, -0.25) is 4.79 Å². The number of amides is 1. The van der Waals surface area contributed by atoms with Gasteiger partial charge < -0.3 is 10.6 Å².